The van der Waals surface area contributed by atoms with Crippen LogP contribution in [0.2, 0.25) is 0 Å². The molecule has 2 heterocycles. The lowest BCUT2D eigenvalue weighted by molar-refractivity contribution is -0.138. The molecule has 0 radical (unpaired) electrons. The minimum absolute atomic E-state index is 0.201. The van der Waals surface area contributed by atoms with Crippen molar-refractivity contribution in [3.8, 4) is 0 Å². The zero-order chi connectivity index (χ0) is 20.9. The number of hydrogen-bond donors (Lipinski definition) is 2. The van der Waals surface area contributed by atoms with Crippen molar-refractivity contribution in [3.05, 3.63) is 54.4 Å². The molecule has 1 aromatic heterocycles. The van der Waals surface area contributed by atoms with Crippen LogP contribution in [0.25, 0.3) is 0 Å². The van der Waals surface area contributed by atoms with E-state index >= 15 is 0 Å². The highest BCUT2D eigenvalue weighted by Gasteiger charge is 2.34. The number of nitrogens with one attached hydrogen (secondary N) is 2. The number of carbonyl (C=O) groups excluding carboxylic acids is 2. The van der Waals surface area contributed by atoms with Crippen LogP contribution in [0.15, 0.2) is 48.8 Å². The van der Waals surface area contributed by atoms with Gasteiger partial charge in [-0.2, -0.15) is 13.2 Å². The molecule has 9 heteroatoms. The summed E-state index contributed by atoms with van der Waals surface area (Å²) < 4.78 is 39.0. The molecular formula is C20H21F3N4O2. The topological polar surface area (TPSA) is 74.3 Å². The fraction of sp³-hybridized carbons (Fsp3) is 0.350. The van der Waals surface area contributed by atoms with E-state index in [4.69, 9.17) is 0 Å². The van der Waals surface area contributed by atoms with Gasteiger partial charge in [0.1, 0.15) is 0 Å². The summed E-state index contributed by atoms with van der Waals surface area (Å²) in [5, 5.41) is 4.57. The van der Waals surface area contributed by atoms with E-state index in [2.05, 4.69) is 15.2 Å². The van der Waals surface area contributed by atoms with Crippen molar-refractivity contribution < 1.29 is 22.8 Å². The third-order valence-electron chi connectivity index (χ3n) is 4.88. The number of hydrogen-bond acceptors (Lipinski definition) is 4. The Morgan fingerprint density at radius 1 is 1.03 bits per heavy atom. The second-order valence-corrected chi connectivity index (χ2v) is 6.84. The van der Waals surface area contributed by atoms with E-state index in [0.717, 1.165) is 43.8 Å². The van der Waals surface area contributed by atoms with Gasteiger partial charge in [0, 0.05) is 37.7 Å². The lowest BCUT2D eigenvalue weighted by atomic mass is 9.96. The van der Waals surface area contributed by atoms with Crippen molar-refractivity contribution in [1.82, 2.24) is 10.3 Å². The predicted octanol–water partition coefficient (Wildman–Crippen LogP) is 3.07. The standard InChI is InChI=1S/C20H21F3N4O2/c21-20(22,23)16-3-1-2-4-17(16)26-19(29)18(28)25-13-14-7-11-27(12-8-14)15-5-9-24-10-6-15/h1-6,9-10,14H,7-8,11-13H2,(H,25,28)(H,26,29). The third-order valence-corrected chi connectivity index (χ3v) is 4.88. The van der Waals surface area contributed by atoms with E-state index in [1.54, 1.807) is 12.4 Å². The van der Waals surface area contributed by atoms with E-state index < -0.39 is 29.2 Å². The van der Waals surface area contributed by atoms with Crippen LogP contribution in [0.5, 0.6) is 0 Å². The van der Waals surface area contributed by atoms with E-state index in [0.29, 0.717) is 6.54 Å². The first kappa shape index (κ1) is 20.6. The molecule has 0 saturated carbocycles. The van der Waals surface area contributed by atoms with Crippen LogP contribution in [0, 0.1) is 5.92 Å². The van der Waals surface area contributed by atoms with Gasteiger partial charge in [0.15, 0.2) is 0 Å². The quantitative estimate of drug-likeness (QED) is 0.766. The molecule has 29 heavy (non-hydrogen) atoms. The predicted molar refractivity (Wildman–Crippen MR) is 102 cm³/mol. The lowest BCUT2D eigenvalue weighted by Crippen LogP contribution is -2.42. The summed E-state index contributed by atoms with van der Waals surface area (Å²) >= 11 is 0. The Balaban J connectivity index is 1.47. The first-order chi connectivity index (χ1) is 13.8. The maximum Gasteiger partial charge on any atom is 0.418 e. The number of piperidine rings is 1. The van der Waals surface area contributed by atoms with Gasteiger partial charge in [0.05, 0.1) is 11.3 Å². The van der Waals surface area contributed by atoms with Crippen molar-refractivity contribution in [2.45, 2.75) is 19.0 Å². The van der Waals surface area contributed by atoms with Gasteiger partial charge in [0.2, 0.25) is 0 Å². The van der Waals surface area contributed by atoms with Crippen LogP contribution >= 0.6 is 0 Å². The van der Waals surface area contributed by atoms with Crippen molar-refractivity contribution >= 4 is 23.2 Å². The second kappa shape index (κ2) is 8.93. The minimum Gasteiger partial charge on any atom is -0.371 e. The monoisotopic (exact) mass is 406 g/mol. The van der Waals surface area contributed by atoms with Crippen LogP contribution in [0.4, 0.5) is 24.5 Å². The number of benzene rings is 1. The lowest BCUT2D eigenvalue weighted by Gasteiger charge is -2.33. The highest BCUT2D eigenvalue weighted by atomic mass is 19.4. The van der Waals surface area contributed by atoms with E-state index in [1.165, 1.54) is 12.1 Å². The largest absolute Gasteiger partial charge is 0.418 e. The van der Waals surface area contributed by atoms with Gasteiger partial charge in [-0.3, -0.25) is 14.6 Å². The molecule has 2 amide bonds. The number of nitrogens with zero attached hydrogens (tertiary/aromatic N) is 2. The number of halogens is 3. The van der Waals surface area contributed by atoms with Crippen LogP contribution in [-0.4, -0.2) is 36.4 Å². The summed E-state index contributed by atoms with van der Waals surface area (Å²) in [4.78, 5) is 30.2. The van der Waals surface area contributed by atoms with Gasteiger partial charge in [-0.15, -0.1) is 0 Å². The van der Waals surface area contributed by atoms with E-state index in [1.807, 2.05) is 17.4 Å². The molecule has 0 spiro atoms. The van der Waals surface area contributed by atoms with Gasteiger partial charge < -0.3 is 15.5 Å². The summed E-state index contributed by atoms with van der Waals surface area (Å²) in [5.41, 5.74) is -0.347. The molecule has 6 nitrogen and oxygen atoms in total. The Morgan fingerprint density at radius 3 is 2.34 bits per heavy atom. The average molecular weight is 406 g/mol. The molecular weight excluding hydrogens is 385 g/mol. The Kier molecular flexibility index (Phi) is 6.36. The molecule has 154 valence electrons. The van der Waals surface area contributed by atoms with Crippen molar-refractivity contribution in [2.75, 3.05) is 29.9 Å². The van der Waals surface area contributed by atoms with Crippen LogP contribution in [0.3, 0.4) is 0 Å². The highest BCUT2D eigenvalue weighted by Crippen LogP contribution is 2.34. The minimum atomic E-state index is -4.62. The second-order valence-electron chi connectivity index (χ2n) is 6.84. The SMILES string of the molecule is O=C(NCC1CCN(c2ccncc2)CC1)C(=O)Nc1ccccc1C(F)(F)F. The zero-order valence-electron chi connectivity index (χ0n) is 15.6. The summed E-state index contributed by atoms with van der Waals surface area (Å²) in [5.74, 6) is -1.86. The van der Waals surface area contributed by atoms with Gasteiger partial charge in [-0.25, -0.2) is 0 Å². The number of aromatic nitrogens is 1. The first-order valence-corrected chi connectivity index (χ1v) is 9.25. The fourth-order valence-corrected chi connectivity index (χ4v) is 3.29. The van der Waals surface area contributed by atoms with Gasteiger partial charge >= 0.3 is 18.0 Å². The third kappa shape index (κ3) is 5.46. The molecule has 1 saturated heterocycles. The Labute approximate surface area is 166 Å². The fourth-order valence-electron chi connectivity index (χ4n) is 3.29. The maximum absolute atomic E-state index is 13.0. The Morgan fingerprint density at radius 2 is 1.69 bits per heavy atom. The number of para-hydroxylation sites is 1. The number of anilines is 2. The summed E-state index contributed by atoms with van der Waals surface area (Å²) in [6, 6.07) is 8.42. The molecule has 3 rings (SSSR count). The van der Waals surface area contributed by atoms with Crippen LogP contribution in [0.1, 0.15) is 18.4 Å². The number of rotatable bonds is 4. The number of amides is 2. The average Bonchev–Trinajstić information content (AvgIpc) is 2.72. The summed E-state index contributed by atoms with van der Waals surface area (Å²) in [6.45, 7) is 1.93. The Hall–Kier alpha value is -3.10. The molecule has 0 aliphatic carbocycles. The normalized spacial score (nSPS) is 15.1. The number of pyridine rings is 1. The van der Waals surface area contributed by atoms with E-state index in [-0.39, 0.29) is 5.92 Å². The molecule has 0 atom stereocenters. The van der Waals surface area contributed by atoms with Gasteiger partial charge in [-0.05, 0) is 43.0 Å². The molecule has 1 aromatic carbocycles. The molecule has 0 bridgehead atoms. The van der Waals surface area contributed by atoms with E-state index in [9.17, 15) is 22.8 Å². The van der Waals surface area contributed by atoms with Crippen molar-refractivity contribution in [2.24, 2.45) is 5.92 Å². The molecule has 1 fully saturated rings. The summed E-state index contributed by atoms with van der Waals surface area (Å²) in [7, 11) is 0. The maximum atomic E-state index is 13.0. The highest BCUT2D eigenvalue weighted by molar-refractivity contribution is 6.39. The van der Waals surface area contributed by atoms with Gasteiger partial charge in [0.25, 0.3) is 0 Å². The first-order valence-electron chi connectivity index (χ1n) is 9.25. The smallest absolute Gasteiger partial charge is 0.371 e. The number of carbonyl (C=O) groups is 2. The molecule has 0 unspecified atom stereocenters. The van der Waals surface area contributed by atoms with Crippen molar-refractivity contribution in [3.63, 3.8) is 0 Å². The molecule has 2 N–H and O–H groups in total. The molecule has 1 aliphatic heterocycles. The molecule has 2 aromatic rings. The van der Waals surface area contributed by atoms with Crippen LogP contribution < -0.4 is 15.5 Å². The Bertz CT molecular complexity index is 850. The zero-order valence-corrected chi connectivity index (χ0v) is 15.6. The summed E-state index contributed by atoms with van der Waals surface area (Å²) in [6.07, 6.45) is 0.514. The molecule has 1 aliphatic rings. The van der Waals surface area contributed by atoms with Crippen LogP contribution in [-0.2, 0) is 15.8 Å². The number of alkyl halides is 3. The van der Waals surface area contributed by atoms with Gasteiger partial charge in [-0.1, -0.05) is 12.1 Å². The van der Waals surface area contributed by atoms with Crippen molar-refractivity contribution in [1.29, 1.82) is 0 Å².